The third kappa shape index (κ3) is 3.94. The molecule has 1 aliphatic rings. The Bertz CT molecular complexity index is 570. The van der Waals surface area contributed by atoms with Gasteiger partial charge in [0.15, 0.2) is 6.29 Å². The van der Waals surface area contributed by atoms with Crippen molar-refractivity contribution in [3.8, 4) is 0 Å². The van der Waals surface area contributed by atoms with Crippen LogP contribution in [0.2, 0.25) is 0 Å². The highest BCUT2D eigenvalue weighted by Crippen LogP contribution is 2.25. The molecular formula is C17H21NO3. The summed E-state index contributed by atoms with van der Waals surface area (Å²) in [7, 11) is 0. The number of carbonyl (C=O) groups excluding carboxylic acids is 2. The van der Waals surface area contributed by atoms with Gasteiger partial charge in [0.1, 0.15) is 5.60 Å². The van der Waals surface area contributed by atoms with Gasteiger partial charge in [-0.2, -0.15) is 0 Å². The zero-order chi connectivity index (χ0) is 15.5. The second kappa shape index (κ2) is 6.12. The summed E-state index contributed by atoms with van der Waals surface area (Å²) in [5.74, 6) is 0. The molecule has 1 amide bonds. The van der Waals surface area contributed by atoms with Crippen LogP contribution in [-0.2, 0) is 4.74 Å². The van der Waals surface area contributed by atoms with Gasteiger partial charge in [0.2, 0.25) is 0 Å². The Balaban J connectivity index is 2.09. The molecule has 0 aromatic heterocycles. The van der Waals surface area contributed by atoms with Crippen LogP contribution < -0.4 is 0 Å². The Hall–Kier alpha value is -2.10. The monoisotopic (exact) mass is 287 g/mol. The molecule has 0 spiro atoms. The minimum Gasteiger partial charge on any atom is -0.444 e. The lowest BCUT2D eigenvalue weighted by atomic mass is 9.95. The molecule has 0 fully saturated rings. The number of rotatable bonds is 2. The molecule has 1 aromatic carbocycles. The van der Waals surface area contributed by atoms with Gasteiger partial charge in [-0.1, -0.05) is 30.3 Å². The summed E-state index contributed by atoms with van der Waals surface area (Å²) in [4.78, 5) is 24.8. The topological polar surface area (TPSA) is 46.6 Å². The summed E-state index contributed by atoms with van der Waals surface area (Å²) in [6, 6.07) is 7.52. The third-order valence-electron chi connectivity index (χ3n) is 3.29. The first kappa shape index (κ1) is 15.3. The highest BCUT2D eigenvalue weighted by atomic mass is 16.6. The lowest BCUT2D eigenvalue weighted by molar-refractivity contribution is 0.0270. The number of hydrogen-bond acceptors (Lipinski definition) is 3. The predicted molar refractivity (Wildman–Crippen MR) is 82.2 cm³/mol. The number of hydrogen-bond donors (Lipinski definition) is 0. The fourth-order valence-electron chi connectivity index (χ4n) is 2.30. The first-order chi connectivity index (χ1) is 9.90. The first-order valence-electron chi connectivity index (χ1n) is 7.12. The normalized spacial score (nSPS) is 15.4. The molecule has 4 heteroatoms. The molecule has 112 valence electrons. The Morgan fingerprint density at radius 1 is 1.29 bits per heavy atom. The molecule has 1 heterocycles. The van der Waals surface area contributed by atoms with Crippen LogP contribution in [0.15, 0.2) is 30.3 Å². The van der Waals surface area contributed by atoms with E-state index in [2.05, 4.69) is 0 Å². The van der Waals surface area contributed by atoms with E-state index in [4.69, 9.17) is 4.74 Å². The molecule has 0 radical (unpaired) electrons. The van der Waals surface area contributed by atoms with E-state index in [0.29, 0.717) is 18.7 Å². The van der Waals surface area contributed by atoms with Crippen LogP contribution in [0.5, 0.6) is 0 Å². The van der Waals surface area contributed by atoms with Crippen molar-refractivity contribution in [2.45, 2.75) is 32.8 Å². The maximum Gasteiger partial charge on any atom is 0.410 e. The van der Waals surface area contributed by atoms with Crippen molar-refractivity contribution in [2.75, 3.05) is 13.1 Å². The second-order valence-electron chi connectivity index (χ2n) is 6.11. The van der Waals surface area contributed by atoms with Gasteiger partial charge in [-0.25, -0.2) is 4.79 Å². The Kier molecular flexibility index (Phi) is 4.46. The number of ether oxygens (including phenoxy) is 1. The SMILES string of the molecule is CC(C)(C)OC(=O)N1CC=C(c2ccccc2C=O)CC1. The van der Waals surface area contributed by atoms with Crippen molar-refractivity contribution in [2.24, 2.45) is 0 Å². The molecule has 4 nitrogen and oxygen atoms in total. The van der Waals surface area contributed by atoms with Crippen LogP contribution in [0.3, 0.4) is 0 Å². The molecule has 1 aliphatic heterocycles. The van der Waals surface area contributed by atoms with Crippen LogP contribution in [0.25, 0.3) is 5.57 Å². The lowest BCUT2D eigenvalue weighted by Gasteiger charge is -2.29. The molecule has 0 aliphatic carbocycles. The smallest absolute Gasteiger partial charge is 0.410 e. The van der Waals surface area contributed by atoms with Crippen molar-refractivity contribution in [3.63, 3.8) is 0 Å². The minimum atomic E-state index is -0.481. The van der Waals surface area contributed by atoms with Crippen molar-refractivity contribution in [3.05, 3.63) is 41.5 Å². The third-order valence-corrected chi connectivity index (χ3v) is 3.29. The van der Waals surface area contributed by atoms with Crippen molar-refractivity contribution >= 4 is 18.0 Å². The van der Waals surface area contributed by atoms with E-state index in [9.17, 15) is 9.59 Å². The fraction of sp³-hybridized carbons (Fsp3) is 0.412. The summed E-state index contributed by atoms with van der Waals surface area (Å²) >= 11 is 0. The van der Waals surface area contributed by atoms with Gasteiger partial charge in [-0.05, 0) is 38.3 Å². The number of nitrogens with zero attached hydrogens (tertiary/aromatic N) is 1. The molecule has 0 atom stereocenters. The zero-order valence-corrected chi connectivity index (χ0v) is 12.8. The average Bonchev–Trinajstić information content (AvgIpc) is 2.45. The van der Waals surface area contributed by atoms with Gasteiger partial charge in [0.25, 0.3) is 0 Å². The van der Waals surface area contributed by atoms with Gasteiger partial charge < -0.3 is 9.64 Å². The molecular weight excluding hydrogens is 266 g/mol. The van der Waals surface area contributed by atoms with E-state index in [-0.39, 0.29) is 6.09 Å². The summed E-state index contributed by atoms with van der Waals surface area (Å²) in [6.45, 7) is 6.69. The van der Waals surface area contributed by atoms with Crippen LogP contribution in [-0.4, -0.2) is 36.0 Å². The van der Waals surface area contributed by atoms with Crippen LogP contribution >= 0.6 is 0 Å². The predicted octanol–water partition coefficient (Wildman–Crippen LogP) is 3.52. The maximum atomic E-state index is 12.0. The number of amides is 1. The molecule has 0 bridgehead atoms. The van der Waals surface area contributed by atoms with Gasteiger partial charge >= 0.3 is 6.09 Å². The van der Waals surface area contributed by atoms with Gasteiger partial charge in [0.05, 0.1) is 0 Å². The summed E-state index contributed by atoms with van der Waals surface area (Å²) in [5, 5.41) is 0. The standard InChI is InChI=1S/C17H21NO3/c1-17(2,3)21-16(20)18-10-8-13(9-11-18)15-7-5-4-6-14(15)12-19/h4-8,12H,9-11H2,1-3H3. The van der Waals surface area contributed by atoms with E-state index in [1.54, 1.807) is 4.90 Å². The fourth-order valence-corrected chi connectivity index (χ4v) is 2.30. The van der Waals surface area contributed by atoms with Gasteiger partial charge in [0, 0.05) is 18.7 Å². The summed E-state index contributed by atoms with van der Waals surface area (Å²) in [5.41, 5.74) is 2.27. The van der Waals surface area contributed by atoms with E-state index >= 15 is 0 Å². The Morgan fingerprint density at radius 3 is 2.57 bits per heavy atom. The highest BCUT2D eigenvalue weighted by molar-refractivity contribution is 5.86. The van der Waals surface area contributed by atoms with Crippen molar-refractivity contribution in [1.29, 1.82) is 0 Å². The molecule has 0 saturated carbocycles. The lowest BCUT2D eigenvalue weighted by Crippen LogP contribution is -2.39. The first-order valence-corrected chi connectivity index (χ1v) is 7.12. The molecule has 0 saturated heterocycles. The zero-order valence-electron chi connectivity index (χ0n) is 12.8. The van der Waals surface area contributed by atoms with Crippen LogP contribution in [0.4, 0.5) is 4.79 Å². The number of benzene rings is 1. The second-order valence-corrected chi connectivity index (χ2v) is 6.11. The van der Waals surface area contributed by atoms with Gasteiger partial charge in [-0.3, -0.25) is 4.79 Å². The van der Waals surface area contributed by atoms with E-state index in [0.717, 1.165) is 23.8 Å². The summed E-state index contributed by atoms with van der Waals surface area (Å²) < 4.78 is 5.36. The largest absolute Gasteiger partial charge is 0.444 e. The highest BCUT2D eigenvalue weighted by Gasteiger charge is 2.24. The summed E-state index contributed by atoms with van der Waals surface area (Å²) in [6.07, 6.45) is 3.30. The van der Waals surface area contributed by atoms with Gasteiger partial charge in [-0.15, -0.1) is 0 Å². The number of aldehydes is 1. The molecule has 1 aromatic rings. The van der Waals surface area contributed by atoms with E-state index in [1.807, 2.05) is 51.1 Å². The molecule has 0 N–H and O–H groups in total. The Labute approximate surface area is 125 Å². The minimum absolute atomic E-state index is 0.290. The van der Waals surface area contributed by atoms with E-state index < -0.39 is 5.60 Å². The molecule has 0 unspecified atom stereocenters. The van der Waals surface area contributed by atoms with Crippen LogP contribution in [0.1, 0.15) is 43.1 Å². The quantitative estimate of drug-likeness (QED) is 0.782. The Morgan fingerprint density at radius 2 is 2.00 bits per heavy atom. The molecule has 21 heavy (non-hydrogen) atoms. The van der Waals surface area contributed by atoms with Crippen LogP contribution in [0, 0.1) is 0 Å². The van der Waals surface area contributed by atoms with Crippen molar-refractivity contribution < 1.29 is 14.3 Å². The molecule has 2 rings (SSSR count). The van der Waals surface area contributed by atoms with Crippen molar-refractivity contribution in [1.82, 2.24) is 4.90 Å². The van der Waals surface area contributed by atoms with E-state index in [1.165, 1.54) is 0 Å². The number of carbonyl (C=O) groups is 2. The maximum absolute atomic E-state index is 12.0. The average molecular weight is 287 g/mol.